The van der Waals surface area contributed by atoms with E-state index < -0.39 is 15.9 Å². The summed E-state index contributed by atoms with van der Waals surface area (Å²) in [6.45, 7) is 0. The molecule has 1 aliphatic rings. The van der Waals surface area contributed by atoms with Crippen molar-refractivity contribution < 1.29 is 13.2 Å². The molecule has 1 aromatic carbocycles. The van der Waals surface area contributed by atoms with Gasteiger partial charge in [0.05, 0.1) is 6.20 Å². The maximum absolute atomic E-state index is 12.1. The fourth-order valence-corrected chi connectivity index (χ4v) is 3.29. The summed E-state index contributed by atoms with van der Waals surface area (Å²) in [6.07, 6.45) is 4.33. The molecule has 1 fully saturated rings. The molecule has 0 spiro atoms. The van der Waals surface area contributed by atoms with Gasteiger partial charge >= 0.3 is 0 Å². The van der Waals surface area contributed by atoms with Crippen LogP contribution in [0, 0.1) is 5.92 Å². The minimum atomic E-state index is -3.97. The quantitative estimate of drug-likeness (QED) is 0.917. The number of carbonyl (C=O) groups excluding carboxylic acids is 1. The molecular formula is C14H12ClN3O3S. The number of sulfonamides is 1. The second-order valence-corrected chi connectivity index (χ2v) is 7.08. The fourth-order valence-electron chi connectivity index (χ4n) is 2.25. The molecule has 1 aliphatic carbocycles. The van der Waals surface area contributed by atoms with Crippen LogP contribution in [-0.4, -0.2) is 24.3 Å². The summed E-state index contributed by atoms with van der Waals surface area (Å²) in [4.78, 5) is 19.5. The highest BCUT2D eigenvalue weighted by atomic mass is 35.5. The normalized spacial score (nSPS) is 20.4. The predicted molar refractivity (Wildman–Crippen MR) is 79.7 cm³/mol. The average Bonchev–Trinajstić information content (AvgIpc) is 3.29. The van der Waals surface area contributed by atoms with Crippen LogP contribution in [0.1, 0.15) is 17.9 Å². The molecule has 8 heteroatoms. The largest absolute Gasteiger partial charge is 0.283 e. The van der Waals surface area contributed by atoms with Gasteiger partial charge in [-0.1, -0.05) is 23.7 Å². The third-order valence-corrected chi connectivity index (χ3v) is 4.96. The van der Waals surface area contributed by atoms with Crippen LogP contribution in [0.25, 0.3) is 0 Å². The minimum absolute atomic E-state index is 0.0225. The lowest BCUT2D eigenvalue weighted by Crippen LogP contribution is -2.32. The van der Waals surface area contributed by atoms with Crippen molar-refractivity contribution >= 4 is 27.5 Å². The highest BCUT2D eigenvalue weighted by molar-refractivity contribution is 7.90. The van der Waals surface area contributed by atoms with Crippen molar-refractivity contribution in [2.45, 2.75) is 17.4 Å². The lowest BCUT2D eigenvalue weighted by molar-refractivity contribution is -0.120. The van der Waals surface area contributed by atoms with Crippen molar-refractivity contribution in [1.29, 1.82) is 0 Å². The van der Waals surface area contributed by atoms with Gasteiger partial charge in [-0.05, 0) is 30.0 Å². The van der Waals surface area contributed by atoms with Crippen LogP contribution in [0.3, 0.4) is 0 Å². The molecule has 1 heterocycles. The summed E-state index contributed by atoms with van der Waals surface area (Å²) in [5.74, 6) is -0.854. The molecule has 1 aromatic heterocycles. The summed E-state index contributed by atoms with van der Waals surface area (Å²) in [5, 5.41) is 0.350. The van der Waals surface area contributed by atoms with E-state index >= 15 is 0 Å². The molecule has 2 atom stereocenters. The van der Waals surface area contributed by atoms with Gasteiger partial charge in [-0.3, -0.25) is 9.78 Å². The summed E-state index contributed by atoms with van der Waals surface area (Å²) < 4.78 is 26.1. The minimum Gasteiger partial charge on any atom is -0.274 e. The van der Waals surface area contributed by atoms with E-state index in [2.05, 4.69) is 14.7 Å². The van der Waals surface area contributed by atoms with Gasteiger partial charge in [0.15, 0.2) is 5.03 Å². The second kappa shape index (κ2) is 5.66. The highest BCUT2D eigenvalue weighted by Gasteiger charge is 2.45. The first-order valence-electron chi connectivity index (χ1n) is 6.55. The van der Waals surface area contributed by atoms with E-state index in [0.717, 1.165) is 11.8 Å². The highest BCUT2D eigenvalue weighted by Crippen LogP contribution is 2.47. The van der Waals surface area contributed by atoms with Crippen molar-refractivity contribution in [2.75, 3.05) is 0 Å². The fraction of sp³-hybridized carbons (Fsp3) is 0.214. The molecular weight excluding hydrogens is 326 g/mol. The Labute approximate surface area is 132 Å². The van der Waals surface area contributed by atoms with Crippen LogP contribution in [0.15, 0.2) is 47.9 Å². The number of carbonyl (C=O) groups is 1. The molecule has 1 amide bonds. The molecule has 2 unspecified atom stereocenters. The molecule has 3 rings (SSSR count). The van der Waals surface area contributed by atoms with Crippen molar-refractivity contribution in [1.82, 2.24) is 14.7 Å². The average molecular weight is 338 g/mol. The monoisotopic (exact) mass is 337 g/mol. The zero-order valence-electron chi connectivity index (χ0n) is 11.3. The van der Waals surface area contributed by atoms with Gasteiger partial charge in [0, 0.05) is 23.3 Å². The second-order valence-electron chi connectivity index (χ2n) is 5.01. The summed E-state index contributed by atoms with van der Waals surface area (Å²) in [7, 11) is -3.97. The van der Waals surface area contributed by atoms with Crippen LogP contribution in [-0.2, 0) is 14.8 Å². The summed E-state index contributed by atoms with van der Waals surface area (Å²) in [5.41, 5.74) is 0.974. The molecule has 0 saturated heterocycles. The predicted octanol–water partition coefficient (Wildman–Crippen LogP) is 1.74. The zero-order chi connectivity index (χ0) is 15.7. The third-order valence-electron chi connectivity index (χ3n) is 3.48. The molecule has 1 N–H and O–H groups in total. The topological polar surface area (TPSA) is 89.0 Å². The van der Waals surface area contributed by atoms with Crippen molar-refractivity contribution in [3.05, 3.63) is 53.4 Å². The van der Waals surface area contributed by atoms with E-state index in [-0.39, 0.29) is 16.9 Å². The van der Waals surface area contributed by atoms with Crippen molar-refractivity contribution in [3.63, 3.8) is 0 Å². The van der Waals surface area contributed by atoms with Gasteiger partial charge in [-0.2, -0.15) is 8.42 Å². The van der Waals surface area contributed by atoms with Gasteiger partial charge in [-0.15, -0.1) is 0 Å². The van der Waals surface area contributed by atoms with Crippen LogP contribution in [0.4, 0.5) is 0 Å². The van der Waals surface area contributed by atoms with Crippen molar-refractivity contribution in [2.24, 2.45) is 5.92 Å². The third kappa shape index (κ3) is 3.10. The molecule has 114 valence electrons. The number of nitrogens with zero attached hydrogens (tertiary/aromatic N) is 2. The van der Waals surface area contributed by atoms with Crippen LogP contribution in [0.2, 0.25) is 5.02 Å². The molecule has 6 nitrogen and oxygen atoms in total. The Hall–Kier alpha value is -1.99. The first kappa shape index (κ1) is 14.9. The van der Waals surface area contributed by atoms with Gasteiger partial charge in [0.1, 0.15) is 0 Å². The Morgan fingerprint density at radius 2 is 1.95 bits per heavy atom. The van der Waals surface area contributed by atoms with E-state index in [4.69, 9.17) is 11.6 Å². The van der Waals surface area contributed by atoms with E-state index in [1.54, 1.807) is 12.1 Å². The lowest BCUT2D eigenvalue weighted by Gasteiger charge is -2.05. The Morgan fingerprint density at radius 3 is 2.59 bits per heavy atom. The van der Waals surface area contributed by atoms with Gasteiger partial charge < -0.3 is 0 Å². The molecule has 2 aromatic rings. The first-order valence-corrected chi connectivity index (χ1v) is 8.41. The maximum Gasteiger partial charge on any atom is 0.283 e. The number of halogens is 1. The van der Waals surface area contributed by atoms with Crippen LogP contribution < -0.4 is 4.72 Å². The molecule has 0 radical (unpaired) electrons. The number of amides is 1. The van der Waals surface area contributed by atoms with E-state index in [0.29, 0.717) is 11.4 Å². The number of benzene rings is 1. The first-order chi connectivity index (χ1) is 10.5. The summed E-state index contributed by atoms with van der Waals surface area (Å²) in [6, 6.07) is 7.19. The van der Waals surface area contributed by atoms with Gasteiger partial charge in [0.25, 0.3) is 10.0 Å². The number of nitrogens with one attached hydrogen (secondary N) is 1. The Kier molecular flexibility index (Phi) is 3.84. The maximum atomic E-state index is 12.1. The standard InChI is InChI=1S/C14H12ClN3O3S/c15-10-3-1-9(2-4-10)11-7-12(11)14(19)18-22(20,21)13-8-16-5-6-17-13/h1-6,8,11-12H,7H2,(H,18,19). The summed E-state index contributed by atoms with van der Waals surface area (Å²) >= 11 is 5.82. The van der Waals surface area contributed by atoms with E-state index in [1.807, 2.05) is 12.1 Å². The molecule has 0 aliphatic heterocycles. The number of rotatable bonds is 4. The number of aromatic nitrogens is 2. The molecule has 22 heavy (non-hydrogen) atoms. The van der Waals surface area contributed by atoms with E-state index in [1.165, 1.54) is 12.4 Å². The zero-order valence-corrected chi connectivity index (χ0v) is 12.9. The van der Waals surface area contributed by atoms with Gasteiger partial charge in [-0.25, -0.2) is 9.71 Å². The van der Waals surface area contributed by atoms with Crippen molar-refractivity contribution in [3.8, 4) is 0 Å². The Balaban J connectivity index is 1.68. The van der Waals surface area contributed by atoms with Crippen LogP contribution >= 0.6 is 11.6 Å². The number of hydrogen-bond acceptors (Lipinski definition) is 5. The van der Waals surface area contributed by atoms with E-state index in [9.17, 15) is 13.2 Å². The molecule has 0 bridgehead atoms. The smallest absolute Gasteiger partial charge is 0.274 e. The van der Waals surface area contributed by atoms with Crippen LogP contribution in [0.5, 0.6) is 0 Å². The number of hydrogen-bond donors (Lipinski definition) is 1. The lowest BCUT2D eigenvalue weighted by atomic mass is 10.1. The SMILES string of the molecule is O=C(NS(=O)(=O)c1cnccn1)C1CC1c1ccc(Cl)cc1. The van der Waals surface area contributed by atoms with Gasteiger partial charge in [0.2, 0.25) is 5.91 Å². The Bertz CT molecular complexity index is 794. The molecule has 1 saturated carbocycles. The Morgan fingerprint density at radius 1 is 1.23 bits per heavy atom.